The fourth-order valence-electron chi connectivity index (χ4n) is 7.15. The molecule has 6 nitrogen and oxygen atoms in total. The van der Waals surface area contributed by atoms with Crippen LogP contribution in [0.4, 0.5) is 0 Å². The first-order chi connectivity index (χ1) is 22.8. The summed E-state index contributed by atoms with van der Waals surface area (Å²) in [5.74, 6) is -0.425. The largest absolute Gasteiger partial charge is 0.289 e. The SMILES string of the molecule is CCC1(CC)c2cc(/C=C3\C(=O)c4ccccc4C3=C(C#N)C#N)sc2-c2sc(/C=C3\C(=O)c4ccccc4C3=C(C#N)C#N)cc21. The van der Waals surface area contributed by atoms with Crippen LogP contribution in [0.15, 0.2) is 83.0 Å². The molecule has 7 rings (SSSR count). The van der Waals surface area contributed by atoms with Crippen LogP contribution in [0.3, 0.4) is 0 Å². The molecule has 0 bridgehead atoms. The van der Waals surface area contributed by atoms with Gasteiger partial charge in [0.05, 0.1) is 0 Å². The van der Waals surface area contributed by atoms with E-state index in [0.29, 0.717) is 44.5 Å². The Morgan fingerprint density at radius 1 is 0.638 bits per heavy atom. The highest BCUT2D eigenvalue weighted by Crippen LogP contribution is 2.59. The predicted octanol–water partition coefficient (Wildman–Crippen LogP) is 9.06. The van der Waals surface area contributed by atoms with Crippen LogP contribution in [0, 0.1) is 45.3 Å². The summed E-state index contributed by atoms with van der Waals surface area (Å²) in [6.45, 7) is 4.31. The van der Waals surface area contributed by atoms with Crippen LogP contribution in [0.5, 0.6) is 0 Å². The number of carbonyl (C=O) groups is 2. The zero-order chi connectivity index (χ0) is 33.0. The van der Waals surface area contributed by atoms with Crippen LogP contribution in [-0.4, -0.2) is 11.6 Å². The summed E-state index contributed by atoms with van der Waals surface area (Å²) in [5.41, 5.74) is 5.41. The topological polar surface area (TPSA) is 129 Å². The minimum absolute atomic E-state index is 0.0960. The van der Waals surface area contributed by atoms with Crippen molar-refractivity contribution in [2.24, 2.45) is 0 Å². The molecule has 0 radical (unpaired) electrons. The van der Waals surface area contributed by atoms with Crippen LogP contribution < -0.4 is 0 Å². The average Bonchev–Trinajstić information content (AvgIpc) is 3.88. The third-order valence-electron chi connectivity index (χ3n) is 9.38. The molecule has 0 N–H and O–H groups in total. The Kier molecular flexibility index (Phi) is 7.08. The van der Waals surface area contributed by atoms with E-state index in [1.54, 1.807) is 83.4 Å². The van der Waals surface area contributed by atoms with Crippen molar-refractivity contribution >= 4 is 57.5 Å². The van der Waals surface area contributed by atoms with Crippen LogP contribution in [0.2, 0.25) is 0 Å². The molecule has 2 heterocycles. The minimum atomic E-state index is -0.289. The summed E-state index contributed by atoms with van der Waals surface area (Å²) >= 11 is 3.13. The Hall–Kier alpha value is -5.90. The zero-order valence-electron chi connectivity index (χ0n) is 25.3. The van der Waals surface area contributed by atoms with Gasteiger partial charge in [0.25, 0.3) is 0 Å². The lowest BCUT2D eigenvalue weighted by molar-refractivity contribution is 0.103. The number of Topliss-reactive ketones (excluding diaryl/α,β-unsaturated/α-hetero) is 2. The van der Waals surface area contributed by atoms with Crippen molar-refractivity contribution in [2.75, 3.05) is 0 Å². The quantitative estimate of drug-likeness (QED) is 0.161. The molecule has 0 saturated heterocycles. The fourth-order valence-corrected chi connectivity index (χ4v) is 9.71. The van der Waals surface area contributed by atoms with Crippen molar-refractivity contribution in [2.45, 2.75) is 32.1 Å². The first kappa shape index (κ1) is 29.8. The highest BCUT2D eigenvalue weighted by atomic mass is 32.1. The number of nitriles is 4. The molecule has 0 unspecified atom stereocenters. The number of benzene rings is 2. The second kappa shape index (κ2) is 11.2. The van der Waals surface area contributed by atoms with Gasteiger partial charge < -0.3 is 0 Å². The van der Waals surface area contributed by atoms with Gasteiger partial charge in [-0.1, -0.05) is 62.4 Å². The number of rotatable bonds is 4. The van der Waals surface area contributed by atoms with E-state index in [9.17, 15) is 30.6 Å². The Morgan fingerprint density at radius 2 is 1.00 bits per heavy atom. The zero-order valence-corrected chi connectivity index (χ0v) is 26.9. The van der Waals surface area contributed by atoms with Gasteiger partial charge >= 0.3 is 0 Å². The number of allylic oxidation sites excluding steroid dienone is 6. The van der Waals surface area contributed by atoms with E-state index in [0.717, 1.165) is 32.4 Å². The van der Waals surface area contributed by atoms with E-state index in [-0.39, 0.29) is 28.1 Å². The van der Waals surface area contributed by atoms with Gasteiger partial charge in [0.2, 0.25) is 0 Å². The molecule has 222 valence electrons. The number of ketones is 2. The smallest absolute Gasteiger partial charge is 0.194 e. The molecule has 2 aromatic carbocycles. The van der Waals surface area contributed by atoms with Crippen molar-refractivity contribution in [3.8, 4) is 34.0 Å². The summed E-state index contributed by atoms with van der Waals surface area (Å²) in [4.78, 5) is 31.0. The molecule has 4 aromatic rings. The maximum Gasteiger partial charge on any atom is 0.194 e. The van der Waals surface area contributed by atoms with Crippen molar-refractivity contribution in [3.05, 3.63) is 126 Å². The third kappa shape index (κ3) is 4.17. The lowest BCUT2D eigenvalue weighted by Crippen LogP contribution is -2.22. The van der Waals surface area contributed by atoms with E-state index in [4.69, 9.17) is 0 Å². The molecule has 0 amide bonds. The first-order valence-corrected chi connectivity index (χ1v) is 16.6. The molecule has 3 aliphatic rings. The van der Waals surface area contributed by atoms with Gasteiger partial charge in [-0.25, -0.2) is 0 Å². The fraction of sp³-hybridized carbons (Fsp3) is 0.128. The molecule has 0 aliphatic heterocycles. The van der Waals surface area contributed by atoms with Crippen LogP contribution >= 0.6 is 22.7 Å². The number of nitrogens with zero attached hydrogens (tertiary/aromatic N) is 4. The van der Waals surface area contributed by atoms with Gasteiger partial charge in [-0.05, 0) is 59.4 Å². The minimum Gasteiger partial charge on any atom is -0.289 e. The lowest BCUT2D eigenvalue weighted by Gasteiger charge is -2.28. The molecule has 0 spiro atoms. The number of thiophene rings is 2. The second-order valence-electron chi connectivity index (χ2n) is 11.4. The normalized spacial score (nSPS) is 16.6. The van der Waals surface area contributed by atoms with Gasteiger partial charge in [0, 0.05) is 58.3 Å². The highest BCUT2D eigenvalue weighted by molar-refractivity contribution is 7.23. The number of hydrogen-bond donors (Lipinski definition) is 0. The standard InChI is InChI=1S/C39H22N4O2S2/c1-3-39(4-2)31-15-23(13-29-33(21(17-40)18-41)25-9-5-7-11-27(25)35(29)44)46-37(31)38-32(39)16-24(47-38)14-30-34(22(19-42)20-43)26-10-6-8-12-28(26)36(30)45/h5-16H,3-4H2,1-2H3/b29-13-,30-14-. The Morgan fingerprint density at radius 3 is 1.34 bits per heavy atom. The number of carbonyl (C=O) groups excluding carboxylic acids is 2. The summed E-state index contributed by atoms with van der Waals surface area (Å²) in [6.07, 6.45) is 5.26. The van der Waals surface area contributed by atoms with Gasteiger partial charge in [0.15, 0.2) is 11.6 Å². The van der Waals surface area contributed by atoms with Crippen molar-refractivity contribution < 1.29 is 9.59 Å². The molecule has 3 aliphatic carbocycles. The number of fused-ring (bicyclic) bond motifs is 5. The van der Waals surface area contributed by atoms with Crippen LogP contribution in [0.1, 0.15) is 79.4 Å². The maximum absolute atomic E-state index is 13.6. The summed E-state index contributed by atoms with van der Waals surface area (Å²) in [5, 5.41) is 39.0. The molecule has 8 heteroatoms. The van der Waals surface area contributed by atoms with Gasteiger partial charge in [0.1, 0.15) is 35.4 Å². The van der Waals surface area contributed by atoms with Gasteiger partial charge in [-0.15, -0.1) is 22.7 Å². The molecule has 0 fully saturated rings. The third-order valence-corrected chi connectivity index (χ3v) is 11.7. The Balaban J connectivity index is 1.38. The van der Waals surface area contributed by atoms with Crippen LogP contribution in [0.25, 0.3) is 33.1 Å². The van der Waals surface area contributed by atoms with Crippen molar-refractivity contribution in [3.63, 3.8) is 0 Å². The van der Waals surface area contributed by atoms with Crippen molar-refractivity contribution in [1.29, 1.82) is 21.0 Å². The highest BCUT2D eigenvalue weighted by Gasteiger charge is 2.44. The average molecular weight is 643 g/mol. The van der Waals surface area contributed by atoms with Crippen LogP contribution in [-0.2, 0) is 5.41 Å². The summed E-state index contributed by atoms with van der Waals surface area (Å²) in [7, 11) is 0. The predicted molar refractivity (Wildman–Crippen MR) is 183 cm³/mol. The molecular formula is C39H22N4O2S2. The van der Waals surface area contributed by atoms with E-state index in [1.165, 1.54) is 11.1 Å². The van der Waals surface area contributed by atoms with Crippen molar-refractivity contribution in [1.82, 2.24) is 0 Å². The molecular weight excluding hydrogens is 621 g/mol. The second-order valence-corrected chi connectivity index (χ2v) is 13.6. The first-order valence-electron chi connectivity index (χ1n) is 15.0. The molecule has 47 heavy (non-hydrogen) atoms. The van der Waals surface area contributed by atoms with Gasteiger partial charge in [-0.3, -0.25) is 9.59 Å². The maximum atomic E-state index is 13.6. The monoisotopic (exact) mass is 642 g/mol. The van der Waals surface area contributed by atoms with E-state index < -0.39 is 0 Å². The summed E-state index contributed by atoms with van der Waals surface area (Å²) in [6, 6.07) is 26.3. The van der Waals surface area contributed by atoms with E-state index in [2.05, 4.69) is 26.0 Å². The number of hydrogen-bond acceptors (Lipinski definition) is 8. The molecule has 0 saturated carbocycles. The van der Waals surface area contributed by atoms with E-state index >= 15 is 0 Å². The van der Waals surface area contributed by atoms with Gasteiger partial charge in [-0.2, -0.15) is 21.0 Å². The molecule has 0 atom stereocenters. The Bertz CT molecular complexity index is 2220. The Labute approximate surface area is 279 Å². The summed E-state index contributed by atoms with van der Waals surface area (Å²) < 4.78 is 0. The lowest BCUT2D eigenvalue weighted by atomic mass is 9.75. The van der Waals surface area contributed by atoms with E-state index in [1.807, 2.05) is 24.3 Å². The molecule has 2 aromatic heterocycles.